The van der Waals surface area contributed by atoms with E-state index in [9.17, 15) is 14.4 Å². The number of unbranched alkanes of at least 4 members (excludes halogenated alkanes) is 1. The Morgan fingerprint density at radius 2 is 1.89 bits per heavy atom. The molecule has 1 amide bonds. The molecule has 0 spiro atoms. The molecule has 0 unspecified atom stereocenters. The zero-order chi connectivity index (χ0) is 20.1. The molecule has 0 saturated heterocycles. The summed E-state index contributed by atoms with van der Waals surface area (Å²) in [5.74, 6) is -1.24. The number of hydrogen-bond acceptors (Lipinski definition) is 5. The summed E-state index contributed by atoms with van der Waals surface area (Å²) >= 11 is 0. The molecule has 1 aromatic heterocycles. The van der Waals surface area contributed by atoms with E-state index >= 15 is 0 Å². The zero-order valence-corrected chi connectivity index (χ0v) is 15.4. The Hall–Kier alpha value is -3.35. The molecule has 2 aromatic carbocycles. The summed E-state index contributed by atoms with van der Waals surface area (Å²) < 4.78 is 10.8. The summed E-state index contributed by atoms with van der Waals surface area (Å²) in [4.78, 5) is 35.3. The van der Waals surface area contributed by atoms with Crippen molar-refractivity contribution in [3.8, 4) is 5.75 Å². The van der Waals surface area contributed by atoms with Crippen LogP contribution in [0.4, 0.5) is 0 Å². The number of rotatable bonds is 8. The number of carbonyl (C=O) groups is 2. The minimum absolute atomic E-state index is 0.334. The van der Waals surface area contributed by atoms with Gasteiger partial charge in [-0.05, 0) is 30.0 Å². The topological polar surface area (TPSA) is 106 Å². The van der Waals surface area contributed by atoms with E-state index in [0.29, 0.717) is 29.6 Å². The predicted octanol–water partition coefficient (Wildman–Crippen LogP) is 3.08. The smallest absolute Gasteiger partial charge is 0.344 e. The van der Waals surface area contributed by atoms with Gasteiger partial charge in [-0.15, -0.1) is 0 Å². The molecule has 0 aliphatic carbocycles. The second kappa shape index (κ2) is 8.56. The molecule has 3 rings (SSSR count). The molecule has 146 valence electrons. The van der Waals surface area contributed by atoms with E-state index in [1.54, 1.807) is 30.3 Å². The molecule has 0 aliphatic heterocycles. The lowest BCUT2D eigenvalue weighted by molar-refractivity contribution is -0.142. The van der Waals surface area contributed by atoms with Crippen LogP contribution in [0.3, 0.4) is 0 Å². The van der Waals surface area contributed by atoms with Gasteiger partial charge in [0, 0.05) is 11.5 Å². The fourth-order valence-corrected chi connectivity index (χ4v) is 3.00. The molecule has 3 aromatic rings. The molecule has 0 fully saturated rings. The van der Waals surface area contributed by atoms with Crippen LogP contribution in [0.15, 0.2) is 51.7 Å². The Bertz CT molecular complexity index is 1070. The highest BCUT2D eigenvalue weighted by Crippen LogP contribution is 2.26. The lowest BCUT2D eigenvalue weighted by atomic mass is 10.1. The summed E-state index contributed by atoms with van der Waals surface area (Å²) in [6, 6.07) is 11.2. The van der Waals surface area contributed by atoms with E-state index in [0.717, 1.165) is 17.2 Å². The van der Waals surface area contributed by atoms with Crippen LogP contribution in [0.1, 0.15) is 26.2 Å². The first-order chi connectivity index (χ1) is 13.5. The van der Waals surface area contributed by atoms with Crippen LogP contribution in [-0.4, -0.2) is 29.6 Å². The number of hydrogen-bond donors (Lipinski definition) is 2. The van der Waals surface area contributed by atoms with Gasteiger partial charge in [0.05, 0.1) is 5.39 Å². The highest BCUT2D eigenvalue weighted by atomic mass is 16.5. The van der Waals surface area contributed by atoms with Crippen molar-refractivity contribution < 1.29 is 23.8 Å². The van der Waals surface area contributed by atoms with Gasteiger partial charge in [-0.2, -0.15) is 0 Å². The van der Waals surface area contributed by atoms with Gasteiger partial charge >= 0.3 is 11.6 Å². The van der Waals surface area contributed by atoms with Crippen LogP contribution in [0.2, 0.25) is 0 Å². The van der Waals surface area contributed by atoms with Crippen LogP contribution >= 0.6 is 0 Å². The highest BCUT2D eigenvalue weighted by molar-refractivity contribution is 6.04. The normalized spacial score (nSPS) is 12.0. The number of fused-ring (bicyclic) bond motifs is 3. The third-order valence-electron chi connectivity index (χ3n) is 4.44. The van der Waals surface area contributed by atoms with Crippen molar-refractivity contribution in [3.63, 3.8) is 0 Å². The van der Waals surface area contributed by atoms with Gasteiger partial charge in [0.15, 0.2) is 6.61 Å². The Labute approximate surface area is 160 Å². The molecule has 7 nitrogen and oxygen atoms in total. The minimum Gasteiger partial charge on any atom is -0.484 e. The van der Waals surface area contributed by atoms with Gasteiger partial charge in [0.25, 0.3) is 5.91 Å². The van der Waals surface area contributed by atoms with Gasteiger partial charge < -0.3 is 19.6 Å². The summed E-state index contributed by atoms with van der Waals surface area (Å²) in [7, 11) is 0. The molecule has 0 bridgehead atoms. The van der Waals surface area contributed by atoms with Crippen LogP contribution in [0, 0.1) is 0 Å². The summed E-state index contributed by atoms with van der Waals surface area (Å²) in [6.45, 7) is 1.62. The van der Waals surface area contributed by atoms with Crippen molar-refractivity contribution in [3.05, 3.63) is 52.9 Å². The lowest BCUT2D eigenvalue weighted by Gasteiger charge is -2.14. The predicted molar refractivity (Wildman–Crippen MR) is 105 cm³/mol. The van der Waals surface area contributed by atoms with Crippen molar-refractivity contribution in [1.29, 1.82) is 0 Å². The van der Waals surface area contributed by atoms with Crippen molar-refractivity contribution in [2.24, 2.45) is 0 Å². The number of amides is 1. The third kappa shape index (κ3) is 4.31. The number of aliphatic carboxylic acids is 1. The van der Waals surface area contributed by atoms with Crippen molar-refractivity contribution in [2.75, 3.05) is 6.61 Å². The molecule has 2 N–H and O–H groups in total. The third-order valence-corrected chi connectivity index (χ3v) is 4.44. The fraction of sp³-hybridized carbons (Fsp3) is 0.286. The summed E-state index contributed by atoms with van der Waals surface area (Å²) in [5.41, 5.74) is -0.0915. The van der Waals surface area contributed by atoms with Gasteiger partial charge in [0.1, 0.15) is 17.4 Å². The molecule has 1 heterocycles. The Kier molecular flexibility index (Phi) is 5.93. The second-order valence-electron chi connectivity index (χ2n) is 6.48. The maximum Gasteiger partial charge on any atom is 0.344 e. The first-order valence-electron chi connectivity index (χ1n) is 9.10. The number of carboxylic acids is 1. The average molecular weight is 383 g/mol. The molecular weight excluding hydrogens is 362 g/mol. The summed E-state index contributed by atoms with van der Waals surface area (Å²) in [5, 5.41) is 13.7. The van der Waals surface area contributed by atoms with E-state index in [-0.39, 0.29) is 6.61 Å². The number of carboxylic acid groups (broad SMARTS) is 1. The first-order valence-corrected chi connectivity index (χ1v) is 9.10. The van der Waals surface area contributed by atoms with Crippen molar-refractivity contribution >= 4 is 33.6 Å². The van der Waals surface area contributed by atoms with Crippen molar-refractivity contribution in [2.45, 2.75) is 32.2 Å². The molecule has 0 aliphatic rings. The highest BCUT2D eigenvalue weighted by Gasteiger charge is 2.19. The van der Waals surface area contributed by atoms with Crippen LogP contribution in [-0.2, 0) is 9.59 Å². The quantitative estimate of drug-likeness (QED) is 0.457. The van der Waals surface area contributed by atoms with Gasteiger partial charge in [-0.1, -0.05) is 38.0 Å². The lowest BCUT2D eigenvalue weighted by Crippen LogP contribution is -2.42. The number of ether oxygens (including phenoxy) is 1. The number of nitrogens with one attached hydrogen (secondary N) is 1. The maximum absolute atomic E-state index is 12.1. The SMILES string of the molecule is CCCC[C@H](NC(=O)COc1ccc2c(c1)oc(=O)c1ccccc12)C(=O)O. The number of carbonyl (C=O) groups excluding carboxylic acids is 1. The van der Waals surface area contributed by atoms with Crippen LogP contribution < -0.4 is 15.7 Å². The Morgan fingerprint density at radius 3 is 2.61 bits per heavy atom. The van der Waals surface area contributed by atoms with E-state index in [1.807, 2.05) is 19.1 Å². The minimum atomic E-state index is -1.07. The molecule has 7 heteroatoms. The van der Waals surface area contributed by atoms with E-state index < -0.39 is 23.5 Å². The monoisotopic (exact) mass is 383 g/mol. The first kappa shape index (κ1) is 19.4. The van der Waals surface area contributed by atoms with E-state index in [2.05, 4.69) is 5.32 Å². The van der Waals surface area contributed by atoms with Crippen LogP contribution in [0.5, 0.6) is 5.75 Å². The standard InChI is InChI=1S/C21H21NO6/c1-2-3-8-17(20(24)25)22-19(23)12-27-13-9-10-15-14-6-4-5-7-16(14)21(26)28-18(15)11-13/h4-7,9-11,17H,2-3,8,12H2,1H3,(H,22,23)(H,24,25)/t17-/m0/s1. The Balaban J connectivity index is 1.72. The average Bonchev–Trinajstić information content (AvgIpc) is 2.69. The largest absolute Gasteiger partial charge is 0.484 e. The second-order valence-corrected chi connectivity index (χ2v) is 6.48. The van der Waals surface area contributed by atoms with Crippen molar-refractivity contribution in [1.82, 2.24) is 5.32 Å². The molecular formula is C21H21NO6. The molecule has 0 saturated carbocycles. The summed E-state index contributed by atoms with van der Waals surface area (Å²) in [6.07, 6.45) is 1.91. The number of benzene rings is 2. The van der Waals surface area contributed by atoms with Gasteiger partial charge in [-0.3, -0.25) is 4.79 Å². The maximum atomic E-state index is 12.1. The fourth-order valence-electron chi connectivity index (χ4n) is 3.00. The zero-order valence-electron chi connectivity index (χ0n) is 15.4. The van der Waals surface area contributed by atoms with Gasteiger partial charge in [0.2, 0.25) is 0 Å². The Morgan fingerprint density at radius 1 is 1.14 bits per heavy atom. The van der Waals surface area contributed by atoms with Gasteiger partial charge in [-0.25, -0.2) is 9.59 Å². The molecule has 1 atom stereocenters. The van der Waals surface area contributed by atoms with Crippen LogP contribution in [0.25, 0.3) is 21.7 Å². The molecule has 28 heavy (non-hydrogen) atoms. The van der Waals surface area contributed by atoms with E-state index in [4.69, 9.17) is 14.3 Å². The molecule has 0 radical (unpaired) electrons. The van der Waals surface area contributed by atoms with E-state index in [1.165, 1.54) is 0 Å².